The predicted octanol–water partition coefficient (Wildman–Crippen LogP) is 3.51. The first-order chi connectivity index (χ1) is 9.38. The smallest absolute Gasteiger partial charge is 0.215 e. The fourth-order valence-electron chi connectivity index (χ4n) is 3.34. The molecule has 2 aliphatic heterocycles. The van der Waals surface area contributed by atoms with Gasteiger partial charge >= 0.3 is 0 Å². The lowest BCUT2D eigenvalue weighted by atomic mass is 9.89. The highest BCUT2D eigenvalue weighted by Crippen LogP contribution is 2.31. The molecule has 2 aromatic heterocycles. The molecule has 3 atom stereocenters. The van der Waals surface area contributed by atoms with Crippen LogP contribution in [0.25, 0.3) is 10.1 Å². The largest absolute Gasteiger partial charge is 0.458 e. The van der Waals surface area contributed by atoms with Gasteiger partial charge in [-0.1, -0.05) is 0 Å². The van der Waals surface area contributed by atoms with E-state index in [4.69, 9.17) is 4.74 Å². The minimum absolute atomic E-state index is 0.236. The number of pyridine rings is 1. The Hall–Kier alpha value is -1.13. The van der Waals surface area contributed by atoms with Crippen LogP contribution in [0.15, 0.2) is 23.7 Å². The number of thiophene rings is 1. The second-order valence-electron chi connectivity index (χ2n) is 5.63. The van der Waals surface area contributed by atoms with Crippen molar-refractivity contribution in [2.75, 3.05) is 13.1 Å². The van der Waals surface area contributed by atoms with Crippen LogP contribution in [0.2, 0.25) is 0 Å². The minimum Gasteiger partial charge on any atom is -0.458 e. The highest BCUT2D eigenvalue weighted by molar-refractivity contribution is 7.17. The monoisotopic (exact) mass is 274 g/mol. The van der Waals surface area contributed by atoms with Gasteiger partial charge in [0.2, 0.25) is 5.88 Å². The lowest BCUT2D eigenvalue weighted by molar-refractivity contribution is -0.0450. The molecular weight excluding hydrogens is 256 g/mol. The summed E-state index contributed by atoms with van der Waals surface area (Å²) in [7, 11) is 0. The Bertz CT molecular complexity index is 582. The number of aromatic nitrogens is 1. The van der Waals surface area contributed by atoms with Crippen molar-refractivity contribution in [3.05, 3.63) is 23.7 Å². The molecule has 4 heteroatoms. The third-order valence-corrected chi connectivity index (χ3v) is 5.22. The van der Waals surface area contributed by atoms with E-state index in [1.165, 1.54) is 42.4 Å². The van der Waals surface area contributed by atoms with E-state index in [-0.39, 0.29) is 6.23 Å². The summed E-state index contributed by atoms with van der Waals surface area (Å²) in [4.78, 5) is 6.94. The van der Waals surface area contributed by atoms with E-state index in [0.717, 1.165) is 18.2 Å². The first-order valence-electron chi connectivity index (χ1n) is 7.12. The molecule has 2 bridgehead atoms. The van der Waals surface area contributed by atoms with Crippen molar-refractivity contribution in [3.8, 4) is 5.88 Å². The normalized spacial score (nSPS) is 30.4. The standard InChI is InChI=1S/C15H18N2OS/c1-2-11-3-4-15(17(6-1)10-11)18-14-8-12-5-7-19-13(12)9-16-14/h5,7-9,11,15H,1-4,6,10H2. The van der Waals surface area contributed by atoms with E-state index < -0.39 is 0 Å². The Kier molecular flexibility index (Phi) is 2.93. The van der Waals surface area contributed by atoms with Gasteiger partial charge in [-0.15, -0.1) is 11.3 Å². The van der Waals surface area contributed by atoms with E-state index >= 15 is 0 Å². The van der Waals surface area contributed by atoms with E-state index in [9.17, 15) is 0 Å². The molecule has 0 saturated carbocycles. The highest BCUT2D eigenvalue weighted by atomic mass is 32.1. The molecule has 4 rings (SSSR count). The van der Waals surface area contributed by atoms with Gasteiger partial charge in [-0.05, 0) is 48.4 Å². The molecule has 0 amide bonds. The van der Waals surface area contributed by atoms with Gasteiger partial charge in [0.25, 0.3) is 0 Å². The maximum atomic E-state index is 6.14. The predicted molar refractivity (Wildman–Crippen MR) is 77.6 cm³/mol. The van der Waals surface area contributed by atoms with Gasteiger partial charge in [0.05, 0.1) is 4.70 Å². The van der Waals surface area contributed by atoms with Crippen LogP contribution in [0, 0.1) is 5.92 Å². The Labute approximate surface area is 117 Å². The molecule has 3 nitrogen and oxygen atoms in total. The van der Waals surface area contributed by atoms with Gasteiger partial charge in [0.1, 0.15) is 0 Å². The van der Waals surface area contributed by atoms with Crippen LogP contribution in [0.3, 0.4) is 0 Å². The molecule has 0 radical (unpaired) electrons. The second kappa shape index (κ2) is 4.76. The molecule has 0 aliphatic carbocycles. The topological polar surface area (TPSA) is 25.4 Å². The van der Waals surface area contributed by atoms with Crippen molar-refractivity contribution in [2.45, 2.75) is 31.9 Å². The third kappa shape index (κ3) is 2.23. The fraction of sp³-hybridized carbons (Fsp3) is 0.533. The molecule has 100 valence electrons. The summed E-state index contributed by atoms with van der Waals surface area (Å²) in [5, 5.41) is 3.34. The number of piperidine rings is 2. The summed E-state index contributed by atoms with van der Waals surface area (Å²) in [5.74, 6) is 1.68. The SMILES string of the molecule is c1cc2cc(OC3CCC4CCCN3C4)ncc2s1. The van der Waals surface area contributed by atoms with Gasteiger partial charge in [-0.3, -0.25) is 4.90 Å². The van der Waals surface area contributed by atoms with Crippen molar-refractivity contribution in [3.63, 3.8) is 0 Å². The van der Waals surface area contributed by atoms with Gasteiger partial charge in [-0.25, -0.2) is 4.98 Å². The Morgan fingerprint density at radius 2 is 2.32 bits per heavy atom. The van der Waals surface area contributed by atoms with Gasteiger partial charge < -0.3 is 4.74 Å². The maximum absolute atomic E-state index is 6.14. The Morgan fingerprint density at radius 3 is 3.32 bits per heavy atom. The van der Waals surface area contributed by atoms with Crippen LogP contribution in [0.5, 0.6) is 5.88 Å². The van der Waals surface area contributed by atoms with Crippen molar-refractivity contribution in [2.24, 2.45) is 5.92 Å². The molecule has 2 aliphatic rings. The Balaban J connectivity index is 1.53. The molecule has 0 spiro atoms. The summed E-state index contributed by atoms with van der Waals surface area (Å²) >= 11 is 1.73. The van der Waals surface area contributed by atoms with Crippen LogP contribution < -0.4 is 4.74 Å². The van der Waals surface area contributed by atoms with Crippen molar-refractivity contribution >= 4 is 21.4 Å². The van der Waals surface area contributed by atoms with Crippen molar-refractivity contribution in [1.29, 1.82) is 0 Å². The summed E-state index contributed by atoms with van der Waals surface area (Å²) in [6.07, 6.45) is 7.34. The van der Waals surface area contributed by atoms with Gasteiger partial charge in [0.15, 0.2) is 6.23 Å². The molecule has 2 aromatic rings. The number of fused-ring (bicyclic) bond motifs is 3. The number of nitrogens with zero attached hydrogens (tertiary/aromatic N) is 2. The lowest BCUT2D eigenvalue weighted by Gasteiger charge is -2.42. The molecular formula is C15H18N2OS. The van der Waals surface area contributed by atoms with Crippen molar-refractivity contribution < 1.29 is 4.74 Å². The van der Waals surface area contributed by atoms with Gasteiger partial charge in [0, 0.05) is 25.4 Å². The molecule has 2 fully saturated rings. The zero-order valence-corrected chi connectivity index (χ0v) is 11.7. The zero-order valence-electron chi connectivity index (χ0n) is 10.9. The van der Waals surface area contributed by atoms with Crippen molar-refractivity contribution in [1.82, 2.24) is 9.88 Å². The van der Waals surface area contributed by atoms with Crippen LogP contribution in [-0.2, 0) is 0 Å². The minimum atomic E-state index is 0.236. The quantitative estimate of drug-likeness (QED) is 0.838. The molecule has 4 heterocycles. The number of rotatable bonds is 2. The zero-order chi connectivity index (χ0) is 12.7. The van der Waals surface area contributed by atoms with E-state index in [1.54, 1.807) is 11.3 Å². The average molecular weight is 274 g/mol. The summed E-state index contributed by atoms with van der Waals surface area (Å²) in [6, 6.07) is 4.20. The fourth-order valence-corrected chi connectivity index (χ4v) is 4.08. The lowest BCUT2D eigenvalue weighted by Crippen LogP contribution is -2.49. The first-order valence-corrected chi connectivity index (χ1v) is 8.00. The van der Waals surface area contributed by atoms with Gasteiger partial charge in [-0.2, -0.15) is 0 Å². The summed E-state index contributed by atoms with van der Waals surface area (Å²) < 4.78 is 7.37. The number of hydrogen-bond donors (Lipinski definition) is 0. The average Bonchev–Trinajstić information content (AvgIpc) is 2.90. The summed E-state index contributed by atoms with van der Waals surface area (Å²) in [5.41, 5.74) is 0. The molecule has 2 saturated heterocycles. The highest BCUT2D eigenvalue weighted by Gasteiger charge is 2.32. The third-order valence-electron chi connectivity index (χ3n) is 4.35. The van der Waals surface area contributed by atoms with E-state index in [1.807, 2.05) is 6.20 Å². The van der Waals surface area contributed by atoms with Crippen LogP contribution in [0.4, 0.5) is 0 Å². The van der Waals surface area contributed by atoms with E-state index in [2.05, 4.69) is 27.4 Å². The van der Waals surface area contributed by atoms with Crippen LogP contribution in [-0.4, -0.2) is 29.2 Å². The molecule has 19 heavy (non-hydrogen) atoms. The molecule has 3 unspecified atom stereocenters. The second-order valence-corrected chi connectivity index (χ2v) is 6.58. The first kappa shape index (κ1) is 11.7. The number of hydrogen-bond acceptors (Lipinski definition) is 4. The summed E-state index contributed by atoms with van der Waals surface area (Å²) in [6.45, 7) is 2.40. The van der Waals surface area contributed by atoms with Crippen LogP contribution in [0.1, 0.15) is 25.7 Å². The molecule has 0 N–H and O–H groups in total. The van der Waals surface area contributed by atoms with E-state index in [0.29, 0.717) is 0 Å². The van der Waals surface area contributed by atoms with Crippen LogP contribution >= 0.6 is 11.3 Å². The Morgan fingerprint density at radius 1 is 1.32 bits per heavy atom. The number of ether oxygens (including phenoxy) is 1. The molecule has 0 aromatic carbocycles. The maximum Gasteiger partial charge on any atom is 0.215 e.